The number of hydrogen-bond donors (Lipinski definition) is 0. The Labute approximate surface area is 134 Å². The molecule has 0 spiro atoms. The normalized spacial score (nSPS) is 11.6. The van der Waals surface area contributed by atoms with Crippen molar-refractivity contribution in [2.75, 3.05) is 18.0 Å². The third-order valence-corrected chi connectivity index (χ3v) is 3.62. The number of furan rings is 1. The lowest BCUT2D eigenvalue weighted by molar-refractivity contribution is 0.541. The van der Waals surface area contributed by atoms with Gasteiger partial charge in [-0.1, -0.05) is 12.1 Å². The summed E-state index contributed by atoms with van der Waals surface area (Å²) in [6, 6.07) is 13.3. The van der Waals surface area contributed by atoms with E-state index in [9.17, 15) is 5.26 Å². The van der Waals surface area contributed by atoms with Gasteiger partial charge in [0.2, 0.25) is 5.89 Å². The van der Waals surface area contributed by atoms with E-state index in [1.54, 1.807) is 6.08 Å². The highest BCUT2D eigenvalue weighted by molar-refractivity contribution is 5.88. The molecule has 2 aromatic heterocycles. The monoisotopic (exact) mass is 307 g/mol. The second-order valence-corrected chi connectivity index (χ2v) is 5.00. The summed E-state index contributed by atoms with van der Waals surface area (Å²) in [6.07, 6.45) is 1.65. The van der Waals surface area contributed by atoms with Gasteiger partial charge >= 0.3 is 0 Å². The number of aromatic nitrogens is 1. The van der Waals surface area contributed by atoms with Gasteiger partial charge in [-0.25, -0.2) is 4.98 Å². The van der Waals surface area contributed by atoms with Crippen LogP contribution in [0.2, 0.25) is 0 Å². The van der Waals surface area contributed by atoms with Gasteiger partial charge in [0.15, 0.2) is 11.5 Å². The molecule has 1 aromatic carbocycles. The van der Waals surface area contributed by atoms with Crippen molar-refractivity contribution in [1.82, 2.24) is 4.98 Å². The Bertz CT molecular complexity index is 846. The zero-order chi connectivity index (χ0) is 16.2. The lowest BCUT2D eigenvalue weighted by Gasteiger charge is -2.16. The molecule has 0 atom stereocenters. The van der Waals surface area contributed by atoms with E-state index in [-0.39, 0.29) is 0 Å². The first kappa shape index (κ1) is 14.9. The van der Waals surface area contributed by atoms with Gasteiger partial charge in [-0.3, -0.25) is 0 Å². The number of rotatable bonds is 5. The van der Waals surface area contributed by atoms with E-state index < -0.39 is 0 Å². The maximum atomic E-state index is 9.40. The van der Waals surface area contributed by atoms with Crippen LogP contribution >= 0.6 is 0 Å². The highest BCUT2D eigenvalue weighted by atomic mass is 16.4. The molecule has 0 fully saturated rings. The quantitative estimate of drug-likeness (QED) is 0.656. The Morgan fingerprint density at radius 3 is 2.65 bits per heavy atom. The summed E-state index contributed by atoms with van der Waals surface area (Å²) in [4.78, 5) is 6.44. The molecule has 0 N–H and O–H groups in total. The molecule has 5 heteroatoms. The molecule has 0 aliphatic carbocycles. The minimum Gasteiger partial charge on any atom is -0.441 e. The lowest BCUT2D eigenvalue weighted by atomic mass is 10.2. The Morgan fingerprint density at radius 1 is 1.17 bits per heavy atom. The van der Waals surface area contributed by atoms with E-state index in [1.165, 1.54) is 0 Å². The Morgan fingerprint density at radius 2 is 1.96 bits per heavy atom. The van der Waals surface area contributed by atoms with E-state index in [2.05, 4.69) is 29.8 Å². The van der Waals surface area contributed by atoms with Crippen molar-refractivity contribution in [3.63, 3.8) is 0 Å². The molecule has 3 aromatic rings. The second-order valence-electron chi connectivity index (χ2n) is 5.00. The molecule has 2 heterocycles. The molecule has 0 radical (unpaired) electrons. The smallest absolute Gasteiger partial charge is 0.238 e. The summed E-state index contributed by atoms with van der Waals surface area (Å²) in [5.41, 5.74) is 1.72. The fourth-order valence-corrected chi connectivity index (χ4v) is 2.40. The molecule has 0 unspecified atom stereocenters. The highest BCUT2D eigenvalue weighted by Crippen LogP contribution is 2.25. The van der Waals surface area contributed by atoms with Crippen LogP contribution in [0.3, 0.4) is 0 Å². The van der Waals surface area contributed by atoms with Crippen molar-refractivity contribution >= 4 is 28.6 Å². The Balaban J connectivity index is 1.94. The summed E-state index contributed by atoms with van der Waals surface area (Å²) >= 11 is 0. The molecule has 0 amide bonds. The van der Waals surface area contributed by atoms with Crippen molar-refractivity contribution in [2.24, 2.45) is 0 Å². The number of allylic oxidation sites excluding steroid dienone is 1. The van der Waals surface area contributed by atoms with Gasteiger partial charge in [-0.2, -0.15) is 5.26 Å². The van der Waals surface area contributed by atoms with E-state index in [0.29, 0.717) is 22.8 Å². The lowest BCUT2D eigenvalue weighted by Crippen LogP contribution is -2.20. The van der Waals surface area contributed by atoms with Gasteiger partial charge in [0.05, 0.1) is 0 Å². The first-order chi connectivity index (χ1) is 11.2. The van der Waals surface area contributed by atoms with Crippen LogP contribution in [0.4, 0.5) is 5.88 Å². The molecule has 3 rings (SSSR count). The summed E-state index contributed by atoms with van der Waals surface area (Å²) in [6.45, 7) is 5.87. The Kier molecular flexibility index (Phi) is 4.15. The molecule has 0 aliphatic rings. The van der Waals surface area contributed by atoms with Crippen molar-refractivity contribution in [1.29, 1.82) is 5.26 Å². The van der Waals surface area contributed by atoms with E-state index in [0.717, 1.165) is 24.5 Å². The molecule has 0 saturated heterocycles. The maximum absolute atomic E-state index is 9.40. The van der Waals surface area contributed by atoms with Crippen LogP contribution in [-0.4, -0.2) is 18.1 Å². The van der Waals surface area contributed by atoms with Gasteiger partial charge in [0, 0.05) is 25.2 Å². The van der Waals surface area contributed by atoms with Crippen LogP contribution in [0, 0.1) is 11.3 Å². The Hall–Kier alpha value is -3.00. The number of nitriles is 1. The molecule has 116 valence electrons. The van der Waals surface area contributed by atoms with E-state index in [4.69, 9.17) is 8.83 Å². The summed E-state index contributed by atoms with van der Waals surface area (Å²) in [5.74, 6) is 1.69. The zero-order valence-corrected chi connectivity index (χ0v) is 13.1. The van der Waals surface area contributed by atoms with E-state index in [1.807, 2.05) is 36.4 Å². The average molecular weight is 307 g/mol. The van der Waals surface area contributed by atoms with Gasteiger partial charge < -0.3 is 13.7 Å². The van der Waals surface area contributed by atoms with Gasteiger partial charge in [-0.15, -0.1) is 0 Å². The molecule has 5 nitrogen and oxygen atoms in total. The fraction of sp³-hybridized carbons (Fsp3) is 0.222. The molecule has 0 saturated carbocycles. The number of hydrogen-bond acceptors (Lipinski definition) is 5. The maximum Gasteiger partial charge on any atom is 0.238 e. The number of fused-ring (bicyclic) bond motifs is 1. The van der Waals surface area contributed by atoms with Crippen molar-refractivity contribution in [3.8, 4) is 6.07 Å². The third-order valence-electron chi connectivity index (χ3n) is 3.62. The SMILES string of the molecule is CCN(CC)c1ccc(/C=C(\C#N)c2nc3ccccc3o2)o1. The van der Waals surface area contributed by atoms with Crippen LogP contribution in [0.15, 0.2) is 45.2 Å². The van der Waals surface area contributed by atoms with Crippen LogP contribution in [0.5, 0.6) is 0 Å². The first-order valence-corrected chi connectivity index (χ1v) is 7.57. The topological polar surface area (TPSA) is 66.2 Å². The number of para-hydroxylation sites is 2. The highest BCUT2D eigenvalue weighted by Gasteiger charge is 2.12. The van der Waals surface area contributed by atoms with Gasteiger partial charge in [-0.05, 0) is 32.0 Å². The summed E-state index contributed by atoms with van der Waals surface area (Å²) < 4.78 is 11.4. The molecule has 23 heavy (non-hydrogen) atoms. The van der Waals surface area contributed by atoms with Gasteiger partial charge in [0.1, 0.15) is 22.9 Å². The van der Waals surface area contributed by atoms with Crippen LogP contribution in [0.1, 0.15) is 25.5 Å². The molecular weight excluding hydrogens is 290 g/mol. The van der Waals surface area contributed by atoms with Crippen LogP contribution in [0.25, 0.3) is 22.7 Å². The number of nitrogens with zero attached hydrogens (tertiary/aromatic N) is 3. The predicted molar refractivity (Wildman–Crippen MR) is 89.8 cm³/mol. The predicted octanol–water partition coefficient (Wildman–Crippen LogP) is 4.33. The van der Waals surface area contributed by atoms with Crippen molar-refractivity contribution < 1.29 is 8.83 Å². The minimum absolute atomic E-state index is 0.300. The third kappa shape index (κ3) is 2.97. The number of anilines is 1. The zero-order valence-electron chi connectivity index (χ0n) is 13.1. The summed E-state index contributed by atoms with van der Waals surface area (Å²) in [7, 11) is 0. The van der Waals surface area contributed by atoms with E-state index >= 15 is 0 Å². The standard InChI is InChI=1S/C18H17N3O2/c1-3-21(4-2)17-10-9-14(22-17)11-13(12-19)18-20-15-7-5-6-8-16(15)23-18/h5-11H,3-4H2,1-2H3/b13-11+. The summed E-state index contributed by atoms with van der Waals surface area (Å²) in [5, 5.41) is 9.40. The molecule has 0 bridgehead atoms. The number of oxazole rings is 1. The van der Waals surface area contributed by atoms with Crippen LogP contribution in [-0.2, 0) is 0 Å². The number of benzene rings is 1. The minimum atomic E-state index is 0.300. The van der Waals surface area contributed by atoms with Crippen LogP contribution < -0.4 is 4.90 Å². The average Bonchev–Trinajstić information content (AvgIpc) is 3.20. The largest absolute Gasteiger partial charge is 0.441 e. The van der Waals surface area contributed by atoms with Crippen molar-refractivity contribution in [2.45, 2.75) is 13.8 Å². The molecule has 0 aliphatic heterocycles. The second kappa shape index (κ2) is 6.41. The molecular formula is C18H17N3O2. The first-order valence-electron chi connectivity index (χ1n) is 7.57. The van der Waals surface area contributed by atoms with Gasteiger partial charge in [0.25, 0.3) is 0 Å². The van der Waals surface area contributed by atoms with Crippen molar-refractivity contribution in [3.05, 3.63) is 48.0 Å². The fourth-order valence-electron chi connectivity index (χ4n) is 2.40.